The van der Waals surface area contributed by atoms with E-state index < -0.39 is 5.97 Å². The van der Waals surface area contributed by atoms with Gasteiger partial charge < -0.3 is 14.8 Å². The zero-order chi connectivity index (χ0) is 22.3. The van der Waals surface area contributed by atoms with E-state index in [9.17, 15) is 14.7 Å². The average Bonchev–Trinajstić information content (AvgIpc) is 3.06. The first-order valence-electron chi connectivity index (χ1n) is 9.92. The molecule has 1 unspecified atom stereocenters. The molecule has 1 atom stereocenters. The molecule has 0 aliphatic rings. The van der Waals surface area contributed by atoms with Gasteiger partial charge in [0.25, 0.3) is 0 Å². The molecule has 0 saturated carbocycles. The van der Waals surface area contributed by atoms with Crippen molar-refractivity contribution in [2.75, 3.05) is 5.32 Å². The summed E-state index contributed by atoms with van der Waals surface area (Å²) in [5, 5.41) is 17.6. The molecule has 4 rings (SSSR count). The van der Waals surface area contributed by atoms with Crippen molar-refractivity contribution in [3.63, 3.8) is 0 Å². The Bertz CT molecular complexity index is 1370. The molecule has 0 aliphatic carbocycles. The van der Waals surface area contributed by atoms with Crippen LogP contribution in [0, 0.1) is 13.8 Å². The molecule has 0 fully saturated rings. The van der Waals surface area contributed by atoms with Gasteiger partial charge in [-0.3, -0.25) is 9.48 Å². The van der Waals surface area contributed by atoms with Crippen LogP contribution in [0.3, 0.4) is 0 Å². The zero-order valence-electron chi connectivity index (χ0n) is 17.8. The number of nitrogens with one attached hydrogen (secondary N) is 1. The Kier molecular flexibility index (Phi) is 5.10. The molecule has 0 spiro atoms. The molecule has 158 valence electrons. The number of benzene rings is 2. The lowest BCUT2D eigenvalue weighted by molar-refractivity contribution is 0.0698. The fourth-order valence-electron chi connectivity index (χ4n) is 3.84. The molecule has 0 amide bonds. The number of carbonyl (C=O) groups is 1. The summed E-state index contributed by atoms with van der Waals surface area (Å²) in [5.41, 5.74) is 4.23. The van der Waals surface area contributed by atoms with Crippen LogP contribution in [0.5, 0.6) is 0 Å². The van der Waals surface area contributed by atoms with Crippen LogP contribution < -0.4 is 10.7 Å². The van der Waals surface area contributed by atoms with E-state index in [-0.39, 0.29) is 17.0 Å². The number of rotatable bonds is 5. The van der Waals surface area contributed by atoms with Gasteiger partial charge in [-0.15, -0.1) is 0 Å². The minimum atomic E-state index is -1.01. The lowest BCUT2D eigenvalue weighted by Gasteiger charge is -2.19. The third-order valence-electron chi connectivity index (χ3n) is 5.28. The number of aromatic nitrogens is 2. The van der Waals surface area contributed by atoms with E-state index >= 15 is 0 Å². The summed E-state index contributed by atoms with van der Waals surface area (Å²) >= 11 is 0. The van der Waals surface area contributed by atoms with Crippen LogP contribution in [-0.4, -0.2) is 20.9 Å². The molecular weight excluding hydrogens is 394 g/mol. The number of para-hydroxylation sites is 1. The number of carboxylic acids is 1. The topological polar surface area (TPSA) is 97.4 Å². The highest BCUT2D eigenvalue weighted by Gasteiger charge is 2.19. The first-order chi connectivity index (χ1) is 14.7. The maximum Gasteiger partial charge on any atom is 0.337 e. The van der Waals surface area contributed by atoms with Gasteiger partial charge in [0.1, 0.15) is 11.3 Å². The minimum absolute atomic E-state index is 0.136. The third kappa shape index (κ3) is 3.82. The second kappa shape index (κ2) is 7.75. The summed E-state index contributed by atoms with van der Waals surface area (Å²) in [6, 6.07) is 11.7. The highest BCUT2D eigenvalue weighted by Crippen LogP contribution is 2.31. The van der Waals surface area contributed by atoms with E-state index in [1.807, 2.05) is 46.1 Å². The fraction of sp³-hybridized carbons (Fsp3) is 0.208. The van der Waals surface area contributed by atoms with Crippen LogP contribution in [0.2, 0.25) is 0 Å². The van der Waals surface area contributed by atoms with Gasteiger partial charge in [-0.25, -0.2) is 4.79 Å². The Labute approximate surface area is 178 Å². The lowest BCUT2D eigenvalue weighted by atomic mass is 10.00. The van der Waals surface area contributed by atoms with Crippen molar-refractivity contribution in [1.29, 1.82) is 0 Å². The summed E-state index contributed by atoms with van der Waals surface area (Å²) in [4.78, 5) is 24.5. The van der Waals surface area contributed by atoms with Crippen molar-refractivity contribution in [3.05, 3.63) is 81.3 Å². The Morgan fingerprint density at radius 1 is 1.19 bits per heavy atom. The monoisotopic (exact) mass is 417 g/mol. The van der Waals surface area contributed by atoms with Crippen LogP contribution in [-0.2, 0) is 7.05 Å². The van der Waals surface area contributed by atoms with E-state index in [1.54, 1.807) is 28.9 Å². The molecule has 31 heavy (non-hydrogen) atoms. The molecule has 0 radical (unpaired) electrons. The second-order valence-corrected chi connectivity index (χ2v) is 7.72. The summed E-state index contributed by atoms with van der Waals surface area (Å²) in [5.74, 6) is -0.559. The molecule has 2 heterocycles. The number of aromatic carboxylic acids is 1. The highest BCUT2D eigenvalue weighted by atomic mass is 16.4. The molecule has 2 N–H and O–H groups in total. The largest absolute Gasteiger partial charge is 0.478 e. The van der Waals surface area contributed by atoms with Gasteiger partial charge in [0.15, 0.2) is 5.43 Å². The van der Waals surface area contributed by atoms with Gasteiger partial charge in [-0.05, 0) is 44.5 Å². The van der Waals surface area contributed by atoms with Gasteiger partial charge in [0, 0.05) is 30.6 Å². The molecule has 4 aromatic rings. The molecule has 0 saturated heterocycles. The number of carboxylic acid groups (broad SMARTS) is 1. The Morgan fingerprint density at radius 2 is 1.94 bits per heavy atom. The van der Waals surface area contributed by atoms with Gasteiger partial charge >= 0.3 is 5.97 Å². The van der Waals surface area contributed by atoms with Crippen LogP contribution in [0.1, 0.15) is 40.1 Å². The van der Waals surface area contributed by atoms with Crippen molar-refractivity contribution >= 4 is 22.6 Å². The zero-order valence-corrected chi connectivity index (χ0v) is 17.8. The summed E-state index contributed by atoms with van der Waals surface area (Å²) in [6.07, 6.45) is 1.82. The Morgan fingerprint density at radius 3 is 2.61 bits per heavy atom. The number of hydrogen-bond donors (Lipinski definition) is 2. The van der Waals surface area contributed by atoms with E-state index in [4.69, 9.17) is 4.42 Å². The van der Waals surface area contributed by atoms with E-state index in [2.05, 4.69) is 10.4 Å². The standard InChI is InChI=1S/C24H23N3O4/c1-13-9-17(14(2)25-20-8-6-5-7-16(20)24(29)30)23-18(10-13)21(28)11-22(31-23)19-12-27(4)26-15(19)3/h5-12,14,25H,1-4H3,(H,29,30). The van der Waals surface area contributed by atoms with Gasteiger partial charge in [0.2, 0.25) is 0 Å². The van der Waals surface area contributed by atoms with Crippen molar-refractivity contribution < 1.29 is 14.3 Å². The summed E-state index contributed by atoms with van der Waals surface area (Å²) < 4.78 is 7.91. The van der Waals surface area contributed by atoms with Gasteiger partial charge in [0.05, 0.1) is 28.2 Å². The minimum Gasteiger partial charge on any atom is -0.478 e. The van der Waals surface area contributed by atoms with Crippen LogP contribution >= 0.6 is 0 Å². The predicted molar refractivity (Wildman–Crippen MR) is 120 cm³/mol. The van der Waals surface area contributed by atoms with E-state index in [0.29, 0.717) is 22.4 Å². The highest BCUT2D eigenvalue weighted by molar-refractivity contribution is 5.94. The Balaban J connectivity index is 1.86. The number of fused-ring (bicyclic) bond motifs is 1. The maximum atomic E-state index is 12.9. The van der Waals surface area contributed by atoms with Crippen LogP contribution in [0.25, 0.3) is 22.3 Å². The second-order valence-electron chi connectivity index (χ2n) is 7.72. The smallest absolute Gasteiger partial charge is 0.337 e. The molecule has 0 bridgehead atoms. The van der Waals surface area contributed by atoms with Gasteiger partial charge in [-0.1, -0.05) is 18.2 Å². The van der Waals surface area contributed by atoms with Gasteiger partial charge in [-0.2, -0.15) is 5.10 Å². The normalized spacial score (nSPS) is 12.1. The number of hydrogen-bond acceptors (Lipinski definition) is 5. The molecular formula is C24H23N3O4. The first kappa shape index (κ1) is 20.4. The molecule has 2 aromatic heterocycles. The first-order valence-corrected chi connectivity index (χ1v) is 9.92. The number of nitrogens with zero attached hydrogens (tertiary/aromatic N) is 2. The number of aryl methyl sites for hydroxylation is 3. The molecule has 0 aliphatic heterocycles. The quantitative estimate of drug-likeness (QED) is 0.489. The molecule has 7 nitrogen and oxygen atoms in total. The van der Waals surface area contributed by atoms with Crippen molar-refractivity contribution in [3.8, 4) is 11.3 Å². The SMILES string of the molecule is Cc1cc(C(C)Nc2ccccc2C(=O)O)c2oc(-c3cn(C)nc3C)cc(=O)c2c1. The lowest BCUT2D eigenvalue weighted by Crippen LogP contribution is -2.12. The summed E-state index contributed by atoms with van der Waals surface area (Å²) in [7, 11) is 1.82. The van der Waals surface area contributed by atoms with Crippen molar-refractivity contribution in [2.24, 2.45) is 7.05 Å². The van der Waals surface area contributed by atoms with Crippen LogP contribution in [0.15, 0.2) is 57.9 Å². The molecule has 2 aromatic carbocycles. The molecule has 7 heteroatoms. The predicted octanol–water partition coefficient (Wildman–Crippen LogP) is 4.68. The van der Waals surface area contributed by atoms with E-state index in [0.717, 1.165) is 22.4 Å². The van der Waals surface area contributed by atoms with Crippen molar-refractivity contribution in [1.82, 2.24) is 9.78 Å². The fourth-order valence-corrected chi connectivity index (χ4v) is 3.84. The van der Waals surface area contributed by atoms with Crippen LogP contribution in [0.4, 0.5) is 5.69 Å². The number of anilines is 1. The summed E-state index contributed by atoms with van der Waals surface area (Å²) in [6.45, 7) is 5.69. The van der Waals surface area contributed by atoms with Crippen molar-refractivity contribution in [2.45, 2.75) is 26.8 Å². The maximum absolute atomic E-state index is 12.9. The third-order valence-corrected chi connectivity index (χ3v) is 5.28. The van der Waals surface area contributed by atoms with E-state index in [1.165, 1.54) is 6.07 Å². The Hall–Kier alpha value is -3.87. The average molecular weight is 417 g/mol.